The Bertz CT molecular complexity index is 553. The van der Waals surface area contributed by atoms with Gasteiger partial charge < -0.3 is 9.80 Å². The number of rotatable bonds is 3. The second-order valence-corrected chi connectivity index (χ2v) is 5.31. The van der Waals surface area contributed by atoms with Crippen molar-refractivity contribution in [2.45, 2.75) is 13.8 Å². The van der Waals surface area contributed by atoms with Crippen LogP contribution in [0.3, 0.4) is 0 Å². The molecule has 0 unspecified atom stereocenters. The largest absolute Gasteiger partial charge is 0.354 e. The van der Waals surface area contributed by atoms with Gasteiger partial charge in [0.1, 0.15) is 5.82 Å². The van der Waals surface area contributed by atoms with Gasteiger partial charge in [0.15, 0.2) is 0 Å². The molecule has 4 nitrogen and oxygen atoms in total. The van der Waals surface area contributed by atoms with E-state index in [2.05, 4.69) is 63.8 Å². The Kier molecular flexibility index (Phi) is 3.74. The van der Waals surface area contributed by atoms with Crippen LogP contribution in [0.1, 0.15) is 12.6 Å². The Morgan fingerprint density at radius 1 is 1.05 bits per heavy atom. The predicted octanol–water partition coefficient (Wildman–Crippen LogP) is 2.32. The lowest BCUT2D eigenvalue weighted by molar-refractivity contribution is 0.270. The van der Waals surface area contributed by atoms with E-state index in [1.807, 2.05) is 6.07 Å². The molecule has 1 fully saturated rings. The van der Waals surface area contributed by atoms with Gasteiger partial charge in [-0.1, -0.05) is 25.1 Å². The van der Waals surface area contributed by atoms with Crippen molar-refractivity contribution in [1.29, 1.82) is 0 Å². The number of piperazine rings is 1. The second kappa shape index (κ2) is 5.67. The Morgan fingerprint density at radius 3 is 2.40 bits per heavy atom. The quantitative estimate of drug-likeness (QED) is 0.855. The summed E-state index contributed by atoms with van der Waals surface area (Å²) in [5, 5.41) is 4.66. The maximum absolute atomic E-state index is 4.66. The minimum atomic E-state index is 1.07. The third-order valence-electron chi connectivity index (χ3n) is 3.96. The Hall–Kier alpha value is -1.81. The fraction of sp³-hybridized carbons (Fsp3) is 0.438. The summed E-state index contributed by atoms with van der Waals surface area (Å²) in [5.74, 6) is 1.21. The SMILES string of the molecule is CCN1CCN(c2cc(C)nn2-c2ccccc2)CC1. The third kappa shape index (κ3) is 2.56. The highest BCUT2D eigenvalue weighted by atomic mass is 15.4. The standard InChI is InChI=1S/C16H22N4/c1-3-18-9-11-19(12-10-18)16-13-14(2)17-20(16)15-7-5-4-6-8-15/h4-8,13H,3,9-12H2,1-2H3. The molecule has 0 amide bonds. The van der Waals surface area contributed by atoms with Crippen LogP contribution >= 0.6 is 0 Å². The molecule has 0 radical (unpaired) electrons. The number of benzene rings is 1. The molecule has 0 saturated carbocycles. The number of para-hydroxylation sites is 1. The Morgan fingerprint density at radius 2 is 1.75 bits per heavy atom. The van der Waals surface area contributed by atoms with Crippen LogP contribution in [0.25, 0.3) is 5.69 Å². The molecule has 4 heteroatoms. The molecule has 20 heavy (non-hydrogen) atoms. The van der Waals surface area contributed by atoms with E-state index in [0.717, 1.165) is 44.1 Å². The molecule has 1 saturated heterocycles. The van der Waals surface area contributed by atoms with Crippen molar-refractivity contribution in [3.05, 3.63) is 42.1 Å². The van der Waals surface area contributed by atoms with Crippen molar-refractivity contribution in [2.24, 2.45) is 0 Å². The fourth-order valence-corrected chi connectivity index (χ4v) is 2.76. The average molecular weight is 270 g/mol. The number of hydrogen-bond donors (Lipinski definition) is 0. The van der Waals surface area contributed by atoms with E-state index in [9.17, 15) is 0 Å². The van der Waals surface area contributed by atoms with E-state index in [-0.39, 0.29) is 0 Å². The topological polar surface area (TPSA) is 24.3 Å². The zero-order valence-corrected chi connectivity index (χ0v) is 12.3. The summed E-state index contributed by atoms with van der Waals surface area (Å²) in [5.41, 5.74) is 2.20. The zero-order chi connectivity index (χ0) is 13.9. The number of likely N-dealkylation sites (N-methyl/N-ethyl adjacent to an activating group) is 1. The van der Waals surface area contributed by atoms with Gasteiger partial charge in [-0.15, -0.1) is 0 Å². The Labute approximate surface area is 120 Å². The molecule has 1 aromatic carbocycles. The summed E-state index contributed by atoms with van der Waals surface area (Å²) in [6.45, 7) is 9.85. The van der Waals surface area contributed by atoms with E-state index in [0.29, 0.717) is 0 Å². The highest BCUT2D eigenvalue weighted by Crippen LogP contribution is 2.22. The minimum absolute atomic E-state index is 1.07. The average Bonchev–Trinajstić information content (AvgIpc) is 2.90. The van der Waals surface area contributed by atoms with Crippen molar-refractivity contribution in [2.75, 3.05) is 37.6 Å². The molecule has 2 heterocycles. The second-order valence-electron chi connectivity index (χ2n) is 5.31. The molecular weight excluding hydrogens is 248 g/mol. The smallest absolute Gasteiger partial charge is 0.132 e. The summed E-state index contributed by atoms with van der Waals surface area (Å²) in [7, 11) is 0. The summed E-state index contributed by atoms with van der Waals surface area (Å²) in [6.07, 6.45) is 0. The Balaban J connectivity index is 1.87. The molecule has 1 aliphatic rings. The lowest BCUT2D eigenvalue weighted by Gasteiger charge is -2.35. The van der Waals surface area contributed by atoms with Gasteiger partial charge >= 0.3 is 0 Å². The molecule has 0 bridgehead atoms. The van der Waals surface area contributed by atoms with Gasteiger partial charge in [0.2, 0.25) is 0 Å². The normalized spacial score (nSPS) is 16.6. The molecule has 1 aromatic heterocycles. The van der Waals surface area contributed by atoms with Crippen LogP contribution in [0.15, 0.2) is 36.4 Å². The van der Waals surface area contributed by atoms with E-state index in [1.165, 1.54) is 5.82 Å². The maximum atomic E-state index is 4.66. The van der Waals surface area contributed by atoms with Gasteiger partial charge in [-0.2, -0.15) is 5.10 Å². The van der Waals surface area contributed by atoms with E-state index in [1.54, 1.807) is 0 Å². The van der Waals surface area contributed by atoms with Crippen LogP contribution in [0.2, 0.25) is 0 Å². The summed E-state index contributed by atoms with van der Waals surface area (Å²) in [4.78, 5) is 4.94. The third-order valence-corrected chi connectivity index (χ3v) is 3.96. The number of anilines is 1. The highest BCUT2D eigenvalue weighted by molar-refractivity contribution is 5.48. The summed E-state index contributed by atoms with van der Waals surface area (Å²) >= 11 is 0. The van der Waals surface area contributed by atoms with Crippen molar-refractivity contribution in [3.63, 3.8) is 0 Å². The monoisotopic (exact) mass is 270 g/mol. The van der Waals surface area contributed by atoms with Gasteiger partial charge in [0.25, 0.3) is 0 Å². The lowest BCUT2D eigenvalue weighted by Crippen LogP contribution is -2.46. The molecule has 0 N–H and O–H groups in total. The number of hydrogen-bond acceptors (Lipinski definition) is 3. The van der Waals surface area contributed by atoms with Crippen molar-refractivity contribution in [1.82, 2.24) is 14.7 Å². The zero-order valence-electron chi connectivity index (χ0n) is 12.3. The maximum Gasteiger partial charge on any atom is 0.132 e. The van der Waals surface area contributed by atoms with Crippen molar-refractivity contribution >= 4 is 5.82 Å². The lowest BCUT2D eigenvalue weighted by atomic mass is 10.3. The summed E-state index contributed by atoms with van der Waals surface area (Å²) < 4.78 is 2.07. The van der Waals surface area contributed by atoms with Crippen molar-refractivity contribution in [3.8, 4) is 5.69 Å². The number of aromatic nitrogens is 2. The van der Waals surface area contributed by atoms with Gasteiger partial charge in [0.05, 0.1) is 11.4 Å². The van der Waals surface area contributed by atoms with E-state index in [4.69, 9.17) is 0 Å². The fourth-order valence-electron chi connectivity index (χ4n) is 2.76. The number of nitrogens with zero attached hydrogens (tertiary/aromatic N) is 4. The van der Waals surface area contributed by atoms with Crippen LogP contribution in [0.5, 0.6) is 0 Å². The number of aryl methyl sites for hydroxylation is 1. The van der Waals surface area contributed by atoms with E-state index >= 15 is 0 Å². The molecule has 3 rings (SSSR count). The van der Waals surface area contributed by atoms with Crippen LogP contribution in [0, 0.1) is 6.92 Å². The van der Waals surface area contributed by atoms with Crippen LogP contribution in [-0.2, 0) is 0 Å². The van der Waals surface area contributed by atoms with Crippen LogP contribution < -0.4 is 4.90 Å². The van der Waals surface area contributed by atoms with Gasteiger partial charge in [-0.05, 0) is 25.6 Å². The van der Waals surface area contributed by atoms with Gasteiger partial charge in [-0.25, -0.2) is 4.68 Å². The van der Waals surface area contributed by atoms with Crippen LogP contribution in [-0.4, -0.2) is 47.4 Å². The molecule has 2 aromatic rings. The molecule has 1 aliphatic heterocycles. The van der Waals surface area contributed by atoms with Gasteiger partial charge in [0, 0.05) is 32.2 Å². The molecular formula is C16H22N4. The highest BCUT2D eigenvalue weighted by Gasteiger charge is 2.20. The van der Waals surface area contributed by atoms with E-state index < -0.39 is 0 Å². The molecule has 106 valence electrons. The molecule has 0 atom stereocenters. The first-order chi connectivity index (χ1) is 9.78. The molecule has 0 spiro atoms. The first-order valence-electron chi connectivity index (χ1n) is 7.37. The van der Waals surface area contributed by atoms with Crippen molar-refractivity contribution < 1.29 is 0 Å². The molecule has 0 aliphatic carbocycles. The predicted molar refractivity (Wildman–Crippen MR) is 82.6 cm³/mol. The van der Waals surface area contributed by atoms with Gasteiger partial charge in [-0.3, -0.25) is 0 Å². The first-order valence-corrected chi connectivity index (χ1v) is 7.37. The first kappa shape index (κ1) is 13.2. The summed E-state index contributed by atoms with van der Waals surface area (Å²) in [6, 6.07) is 12.6. The van der Waals surface area contributed by atoms with Crippen LogP contribution in [0.4, 0.5) is 5.82 Å². The minimum Gasteiger partial charge on any atom is -0.354 e.